The molecule has 0 spiro atoms. The van der Waals surface area contributed by atoms with Gasteiger partial charge in [0, 0.05) is 47.7 Å². The Morgan fingerprint density at radius 2 is 1.65 bits per heavy atom. The second kappa shape index (κ2) is 9.79. The molecule has 0 aliphatic heterocycles. The maximum Gasteiger partial charge on any atom is 0.417 e. The van der Waals surface area contributed by atoms with Crippen molar-refractivity contribution < 1.29 is 23.4 Å². The molecule has 1 unspecified atom stereocenters. The monoisotopic (exact) mass is 512 g/mol. The molecule has 9 heteroatoms. The predicted octanol–water partition coefficient (Wildman–Crippen LogP) is 5.60. The molecule has 196 valence electrons. The zero-order valence-electron chi connectivity index (χ0n) is 21.3. The molecule has 3 N–H and O–H groups in total. The lowest BCUT2D eigenvalue weighted by Crippen LogP contribution is -2.50. The molecule has 37 heavy (non-hydrogen) atoms. The first-order valence-electron chi connectivity index (χ1n) is 11.9. The third-order valence-electron chi connectivity index (χ3n) is 6.60. The van der Waals surface area contributed by atoms with Crippen LogP contribution >= 0.6 is 0 Å². The quantitative estimate of drug-likeness (QED) is 0.286. The first-order chi connectivity index (χ1) is 17.3. The number of fused-ring (bicyclic) bond motifs is 1. The van der Waals surface area contributed by atoms with Crippen LogP contribution < -0.4 is 0 Å². The summed E-state index contributed by atoms with van der Waals surface area (Å²) in [6.45, 7) is 3.88. The molecule has 0 fully saturated rings. The summed E-state index contributed by atoms with van der Waals surface area (Å²) in [5, 5.41) is 22.5. The fourth-order valence-electron chi connectivity index (χ4n) is 4.91. The highest BCUT2D eigenvalue weighted by molar-refractivity contribution is 5.81. The van der Waals surface area contributed by atoms with Crippen LogP contribution in [0.1, 0.15) is 37.1 Å². The Morgan fingerprint density at radius 1 is 0.946 bits per heavy atom. The zero-order chi connectivity index (χ0) is 27.0. The summed E-state index contributed by atoms with van der Waals surface area (Å²) in [7, 11) is 3.89. The number of alkyl halides is 3. The van der Waals surface area contributed by atoms with Crippen LogP contribution in [0.15, 0.2) is 61.2 Å². The van der Waals surface area contributed by atoms with E-state index < -0.39 is 30.0 Å². The number of hydrogen-bond donors (Lipinski definition) is 3. The number of rotatable bonds is 8. The van der Waals surface area contributed by atoms with Crippen molar-refractivity contribution in [3.8, 4) is 16.9 Å². The van der Waals surface area contributed by atoms with Gasteiger partial charge in [-0.15, -0.1) is 0 Å². The summed E-state index contributed by atoms with van der Waals surface area (Å²) in [6.07, 6.45) is -1.66. The van der Waals surface area contributed by atoms with Crippen LogP contribution in [0.3, 0.4) is 0 Å². The summed E-state index contributed by atoms with van der Waals surface area (Å²) in [6, 6.07) is 12.1. The highest BCUT2D eigenvalue weighted by atomic mass is 19.4. The van der Waals surface area contributed by atoms with Crippen LogP contribution in [-0.2, 0) is 18.4 Å². The second-order valence-corrected chi connectivity index (χ2v) is 10.6. The number of aromatic amines is 1. The van der Waals surface area contributed by atoms with Crippen molar-refractivity contribution in [2.24, 2.45) is 0 Å². The third kappa shape index (κ3) is 5.78. The minimum absolute atomic E-state index is 0.144. The van der Waals surface area contributed by atoms with Crippen LogP contribution in [0.25, 0.3) is 22.0 Å². The Kier molecular flexibility index (Phi) is 7.05. The molecule has 2 aromatic carbocycles. The number of benzene rings is 2. The molecule has 6 nitrogen and oxygen atoms in total. The molecule has 4 aromatic rings. The lowest BCUT2D eigenvalue weighted by atomic mass is 9.72. The van der Waals surface area contributed by atoms with Crippen LogP contribution in [0, 0.1) is 0 Å². The Labute approximate surface area is 213 Å². The molecule has 1 atom stereocenters. The number of nitrogens with zero attached hydrogens (tertiary/aromatic N) is 3. The molecular formula is C28H31F3N4O2. The van der Waals surface area contributed by atoms with Crippen molar-refractivity contribution in [1.82, 2.24) is 19.9 Å². The van der Waals surface area contributed by atoms with Gasteiger partial charge in [-0.05, 0) is 72.8 Å². The molecule has 0 amide bonds. The molecule has 0 saturated heterocycles. The van der Waals surface area contributed by atoms with Crippen LogP contribution in [0.2, 0.25) is 0 Å². The van der Waals surface area contributed by atoms with E-state index in [9.17, 15) is 23.4 Å². The lowest BCUT2D eigenvalue weighted by Gasteiger charge is -2.38. The van der Waals surface area contributed by atoms with Crippen molar-refractivity contribution in [2.45, 2.75) is 50.4 Å². The van der Waals surface area contributed by atoms with Gasteiger partial charge in [0.2, 0.25) is 0 Å². The SMILES string of the molecule is CN(C)Cc1ccc2[nH]c(CC(O)(CC(C)(C)c3cc(-c4cncnc4)ccc3O)C(F)(F)F)cc2c1. The average Bonchev–Trinajstić information content (AvgIpc) is 3.19. The lowest BCUT2D eigenvalue weighted by molar-refractivity contribution is -0.266. The van der Waals surface area contributed by atoms with Gasteiger partial charge in [0.15, 0.2) is 5.60 Å². The molecular weight excluding hydrogens is 481 g/mol. The summed E-state index contributed by atoms with van der Waals surface area (Å²) in [4.78, 5) is 13.0. The van der Waals surface area contributed by atoms with Gasteiger partial charge in [0.05, 0.1) is 0 Å². The first kappa shape index (κ1) is 26.6. The third-order valence-corrected chi connectivity index (χ3v) is 6.60. The predicted molar refractivity (Wildman–Crippen MR) is 137 cm³/mol. The van der Waals surface area contributed by atoms with Crippen molar-refractivity contribution in [1.29, 1.82) is 0 Å². The molecule has 0 saturated carbocycles. The van der Waals surface area contributed by atoms with E-state index in [2.05, 4.69) is 15.0 Å². The second-order valence-electron chi connectivity index (χ2n) is 10.6. The van der Waals surface area contributed by atoms with E-state index >= 15 is 0 Å². The van der Waals surface area contributed by atoms with Crippen molar-refractivity contribution in [3.63, 3.8) is 0 Å². The molecule has 4 rings (SSSR count). The fraction of sp³-hybridized carbons (Fsp3) is 0.357. The van der Waals surface area contributed by atoms with Crippen molar-refractivity contribution in [3.05, 3.63) is 78.0 Å². The maximum atomic E-state index is 14.4. The maximum absolute atomic E-state index is 14.4. The van der Waals surface area contributed by atoms with Gasteiger partial charge < -0.3 is 20.1 Å². The van der Waals surface area contributed by atoms with Gasteiger partial charge in [-0.2, -0.15) is 13.2 Å². The van der Waals surface area contributed by atoms with Gasteiger partial charge in [-0.1, -0.05) is 26.0 Å². The van der Waals surface area contributed by atoms with E-state index in [-0.39, 0.29) is 11.4 Å². The number of halogens is 3. The molecule has 0 aliphatic rings. The van der Waals surface area contributed by atoms with Crippen LogP contribution in [-0.4, -0.2) is 55.9 Å². The van der Waals surface area contributed by atoms with Crippen molar-refractivity contribution in [2.75, 3.05) is 14.1 Å². The topological polar surface area (TPSA) is 85.3 Å². The van der Waals surface area contributed by atoms with Gasteiger partial charge in [-0.3, -0.25) is 0 Å². The number of nitrogens with one attached hydrogen (secondary N) is 1. The summed E-state index contributed by atoms with van der Waals surface area (Å²) >= 11 is 0. The minimum atomic E-state index is -4.90. The van der Waals surface area contributed by atoms with Crippen LogP contribution in [0.4, 0.5) is 13.2 Å². The van der Waals surface area contributed by atoms with Crippen molar-refractivity contribution >= 4 is 10.9 Å². The average molecular weight is 513 g/mol. The fourth-order valence-corrected chi connectivity index (χ4v) is 4.91. The number of phenols is 1. The van der Waals surface area contributed by atoms with Crippen LogP contribution in [0.5, 0.6) is 5.75 Å². The number of aliphatic hydroxyl groups is 1. The van der Waals surface area contributed by atoms with Gasteiger partial charge in [0.25, 0.3) is 0 Å². The highest BCUT2D eigenvalue weighted by Gasteiger charge is 2.56. The number of hydrogen-bond acceptors (Lipinski definition) is 5. The number of aromatic nitrogens is 3. The summed E-state index contributed by atoms with van der Waals surface area (Å²) in [5.74, 6) is -0.144. The van der Waals surface area contributed by atoms with E-state index in [0.29, 0.717) is 28.8 Å². The Bertz CT molecular complexity index is 1380. The highest BCUT2D eigenvalue weighted by Crippen LogP contribution is 2.45. The Morgan fingerprint density at radius 3 is 2.30 bits per heavy atom. The van der Waals surface area contributed by atoms with E-state index in [1.54, 1.807) is 44.4 Å². The summed E-state index contributed by atoms with van der Waals surface area (Å²) in [5.41, 5.74) is -0.634. The molecule has 0 radical (unpaired) electrons. The Balaban J connectivity index is 1.66. The van der Waals surface area contributed by atoms with E-state index in [0.717, 1.165) is 10.9 Å². The van der Waals surface area contributed by atoms with Gasteiger partial charge in [-0.25, -0.2) is 9.97 Å². The normalized spacial score (nSPS) is 14.3. The first-order valence-corrected chi connectivity index (χ1v) is 11.9. The molecule has 0 bridgehead atoms. The number of phenolic OH excluding ortho intramolecular Hbond substituents is 1. The zero-order valence-corrected chi connectivity index (χ0v) is 21.3. The standard InChI is InChI=1S/C28H31F3N4O2/c1-26(2,23-11-19(6-8-25(23)36)21-13-32-17-33-14-21)16-27(37,28(29,30)31)12-22-10-20-9-18(15-35(3)4)5-7-24(20)34-22/h5-11,13-14,17,34,36-37H,12,15-16H2,1-4H3. The largest absolute Gasteiger partial charge is 0.508 e. The molecule has 2 heterocycles. The van der Waals surface area contributed by atoms with Gasteiger partial charge >= 0.3 is 6.18 Å². The van der Waals surface area contributed by atoms with E-state index in [1.165, 1.54) is 12.4 Å². The number of H-pyrrole nitrogens is 1. The van der Waals surface area contributed by atoms with E-state index in [4.69, 9.17) is 0 Å². The Hall–Kier alpha value is -3.43. The molecule has 2 aromatic heterocycles. The smallest absolute Gasteiger partial charge is 0.417 e. The minimum Gasteiger partial charge on any atom is -0.508 e. The summed E-state index contributed by atoms with van der Waals surface area (Å²) < 4.78 is 43.2. The molecule has 0 aliphatic carbocycles. The van der Waals surface area contributed by atoms with Gasteiger partial charge in [0.1, 0.15) is 12.1 Å². The number of aromatic hydroxyl groups is 1. The van der Waals surface area contributed by atoms with E-state index in [1.807, 2.05) is 37.2 Å².